The number of aliphatic carboxylic acids is 1. The Morgan fingerprint density at radius 3 is 2.50 bits per heavy atom. The van der Waals surface area contributed by atoms with Crippen LogP contribution in [-0.4, -0.2) is 41.6 Å². The van der Waals surface area contributed by atoms with Gasteiger partial charge in [-0.25, -0.2) is 4.79 Å². The smallest absolute Gasteiger partial charge is 0.317 e. The molecule has 5 heteroatoms. The van der Waals surface area contributed by atoms with Crippen molar-refractivity contribution in [3.05, 3.63) is 0 Å². The molecule has 0 aromatic carbocycles. The zero-order chi connectivity index (χ0) is 14.8. The second-order valence-corrected chi connectivity index (χ2v) is 6.65. The fourth-order valence-electron chi connectivity index (χ4n) is 3.58. The van der Waals surface area contributed by atoms with E-state index in [9.17, 15) is 14.7 Å². The van der Waals surface area contributed by atoms with Crippen LogP contribution < -0.4 is 5.32 Å². The first kappa shape index (κ1) is 15.1. The zero-order valence-corrected chi connectivity index (χ0v) is 12.5. The van der Waals surface area contributed by atoms with Crippen LogP contribution in [0.5, 0.6) is 0 Å². The molecule has 2 rings (SSSR count). The van der Waals surface area contributed by atoms with Gasteiger partial charge in [-0.3, -0.25) is 4.79 Å². The van der Waals surface area contributed by atoms with Gasteiger partial charge in [0.25, 0.3) is 0 Å². The molecule has 2 aliphatic carbocycles. The number of hydrogen-bond donors (Lipinski definition) is 2. The van der Waals surface area contributed by atoms with E-state index in [4.69, 9.17) is 0 Å². The highest BCUT2D eigenvalue weighted by molar-refractivity contribution is 5.79. The standard InChI is InChI=1S/C15H26N2O3/c1-15(13(18)19)9-5-8-12(15)16-14(20)17(2)10-11-6-3-4-7-11/h11-12H,3-10H2,1-2H3,(H,16,20)(H,18,19). The fraction of sp³-hybridized carbons (Fsp3) is 0.867. The maximum absolute atomic E-state index is 12.2. The second kappa shape index (κ2) is 6.02. The molecular weight excluding hydrogens is 256 g/mol. The third kappa shape index (κ3) is 3.07. The van der Waals surface area contributed by atoms with E-state index in [2.05, 4.69) is 5.32 Å². The summed E-state index contributed by atoms with van der Waals surface area (Å²) in [6, 6.07) is -0.380. The van der Waals surface area contributed by atoms with Gasteiger partial charge in [-0.05, 0) is 38.5 Å². The molecule has 0 radical (unpaired) electrons. The molecular formula is C15H26N2O3. The van der Waals surface area contributed by atoms with E-state index in [1.165, 1.54) is 25.7 Å². The van der Waals surface area contributed by atoms with Gasteiger partial charge in [-0.15, -0.1) is 0 Å². The predicted molar refractivity (Wildman–Crippen MR) is 76.5 cm³/mol. The lowest BCUT2D eigenvalue weighted by molar-refractivity contribution is -0.148. The molecule has 2 atom stereocenters. The van der Waals surface area contributed by atoms with Crippen LogP contribution in [0.3, 0.4) is 0 Å². The molecule has 2 saturated carbocycles. The van der Waals surface area contributed by atoms with Gasteiger partial charge in [-0.1, -0.05) is 19.3 Å². The molecule has 0 aliphatic heterocycles. The molecule has 0 aromatic rings. The number of urea groups is 1. The maximum atomic E-state index is 12.2. The molecule has 114 valence electrons. The minimum absolute atomic E-state index is 0.128. The lowest BCUT2D eigenvalue weighted by Gasteiger charge is -2.30. The van der Waals surface area contributed by atoms with E-state index < -0.39 is 11.4 Å². The maximum Gasteiger partial charge on any atom is 0.317 e. The quantitative estimate of drug-likeness (QED) is 0.832. The molecule has 5 nitrogen and oxygen atoms in total. The van der Waals surface area contributed by atoms with Crippen LogP contribution in [0.25, 0.3) is 0 Å². The van der Waals surface area contributed by atoms with Crippen LogP contribution in [0.4, 0.5) is 4.79 Å². The van der Waals surface area contributed by atoms with Crippen molar-refractivity contribution in [3.8, 4) is 0 Å². The van der Waals surface area contributed by atoms with Crippen molar-refractivity contribution >= 4 is 12.0 Å². The Balaban J connectivity index is 1.88. The van der Waals surface area contributed by atoms with Crippen molar-refractivity contribution in [2.24, 2.45) is 11.3 Å². The highest BCUT2D eigenvalue weighted by Gasteiger charge is 2.46. The number of carbonyl (C=O) groups excluding carboxylic acids is 1. The van der Waals surface area contributed by atoms with E-state index in [0.717, 1.165) is 19.4 Å². The summed E-state index contributed by atoms with van der Waals surface area (Å²) in [7, 11) is 1.81. The van der Waals surface area contributed by atoms with Gasteiger partial charge in [0.15, 0.2) is 0 Å². The molecule has 2 fully saturated rings. The van der Waals surface area contributed by atoms with Gasteiger partial charge in [-0.2, -0.15) is 0 Å². The van der Waals surface area contributed by atoms with Gasteiger partial charge in [0, 0.05) is 19.6 Å². The van der Waals surface area contributed by atoms with Crippen molar-refractivity contribution in [1.82, 2.24) is 10.2 Å². The Kier molecular flexibility index (Phi) is 4.55. The summed E-state index contributed by atoms with van der Waals surface area (Å²) >= 11 is 0. The number of amides is 2. The lowest BCUT2D eigenvalue weighted by Crippen LogP contribution is -2.51. The molecule has 2 N–H and O–H groups in total. The molecule has 0 aromatic heterocycles. The van der Waals surface area contributed by atoms with Gasteiger partial charge in [0.05, 0.1) is 5.41 Å². The summed E-state index contributed by atoms with van der Waals surface area (Å²) in [4.78, 5) is 25.3. The van der Waals surface area contributed by atoms with E-state index in [1.807, 2.05) is 0 Å². The van der Waals surface area contributed by atoms with Crippen molar-refractivity contribution in [2.45, 2.75) is 57.9 Å². The highest BCUT2D eigenvalue weighted by atomic mass is 16.4. The topological polar surface area (TPSA) is 69.6 Å². The average Bonchev–Trinajstić information content (AvgIpc) is 3.01. The number of rotatable bonds is 4. The predicted octanol–water partition coefficient (Wildman–Crippen LogP) is 2.46. The third-order valence-electron chi connectivity index (χ3n) is 5.10. The number of nitrogens with zero attached hydrogens (tertiary/aromatic N) is 1. The Hall–Kier alpha value is -1.26. The van der Waals surface area contributed by atoms with E-state index in [0.29, 0.717) is 12.3 Å². The molecule has 0 bridgehead atoms. The Bertz CT molecular complexity index is 379. The number of carbonyl (C=O) groups is 2. The van der Waals surface area contributed by atoms with E-state index in [1.54, 1.807) is 18.9 Å². The first-order valence-corrected chi connectivity index (χ1v) is 7.68. The first-order valence-electron chi connectivity index (χ1n) is 7.68. The SMILES string of the molecule is CN(CC1CCCC1)C(=O)NC1CCCC1(C)C(=O)O. The van der Waals surface area contributed by atoms with Gasteiger partial charge >= 0.3 is 12.0 Å². The second-order valence-electron chi connectivity index (χ2n) is 6.65. The van der Waals surface area contributed by atoms with Crippen LogP contribution in [0.2, 0.25) is 0 Å². The molecule has 2 aliphatic rings. The van der Waals surface area contributed by atoms with Gasteiger partial charge < -0.3 is 15.3 Å². The molecule has 0 heterocycles. The van der Waals surface area contributed by atoms with E-state index in [-0.39, 0.29) is 12.1 Å². The molecule has 2 amide bonds. The Morgan fingerprint density at radius 2 is 1.90 bits per heavy atom. The Labute approximate surface area is 120 Å². The number of carboxylic acid groups (broad SMARTS) is 1. The highest BCUT2D eigenvalue weighted by Crippen LogP contribution is 2.38. The summed E-state index contributed by atoms with van der Waals surface area (Å²) in [5.74, 6) is -0.195. The summed E-state index contributed by atoms with van der Waals surface area (Å²) < 4.78 is 0. The van der Waals surface area contributed by atoms with Gasteiger partial charge in [0.2, 0.25) is 0 Å². The fourth-order valence-corrected chi connectivity index (χ4v) is 3.58. The van der Waals surface area contributed by atoms with Crippen LogP contribution >= 0.6 is 0 Å². The lowest BCUT2D eigenvalue weighted by atomic mass is 9.85. The number of nitrogens with one attached hydrogen (secondary N) is 1. The summed E-state index contributed by atoms with van der Waals surface area (Å²) in [6.45, 7) is 2.52. The van der Waals surface area contributed by atoms with Crippen LogP contribution in [0, 0.1) is 11.3 Å². The largest absolute Gasteiger partial charge is 0.481 e. The molecule has 0 spiro atoms. The first-order chi connectivity index (χ1) is 9.43. The van der Waals surface area contributed by atoms with Crippen molar-refractivity contribution in [2.75, 3.05) is 13.6 Å². The van der Waals surface area contributed by atoms with Crippen LogP contribution in [-0.2, 0) is 4.79 Å². The molecule has 2 unspecified atom stereocenters. The van der Waals surface area contributed by atoms with Crippen molar-refractivity contribution in [1.29, 1.82) is 0 Å². The van der Waals surface area contributed by atoms with E-state index >= 15 is 0 Å². The summed E-state index contributed by atoms with van der Waals surface area (Å²) in [6.07, 6.45) is 7.19. The molecule has 20 heavy (non-hydrogen) atoms. The van der Waals surface area contributed by atoms with Crippen LogP contribution in [0.1, 0.15) is 51.9 Å². The third-order valence-corrected chi connectivity index (χ3v) is 5.10. The average molecular weight is 282 g/mol. The monoisotopic (exact) mass is 282 g/mol. The van der Waals surface area contributed by atoms with Crippen molar-refractivity contribution < 1.29 is 14.7 Å². The Morgan fingerprint density at radius 1 is 1.25 bits per heavy atom. The summed E-state index contributed by atoms with van der Waals surface area (Å²) in [5, 5.41) is 12.3. The number of carboxylic acids is 1. The van der Waals surface area contributed by atoms with Gasteiger partial charge in [0.1, 0.15) is 0 Å². The van der Waals surface area contributed by atoms with Crippen LogP contribution in [0.15, 0.2) is 0 Å². The minimum Gasteiger partial charge on any atom is -0.481 e. The minimum atomic E-state index is -0.816. The molecule has 0 saturated heterocycles. The summed E-state index contributed by atoms with van der Waals surface area (Å²) in [5.41, 5.74) is -0.816. The number of hydrogen-bond acceptors (Lipinski definition) is 2. The van der Waals surface area contributed by atoms with Crippen molar-refractivity contribution in [3.63, 3.8) is 0 Å². The normalized spacial score (nSPS) is 30.4. The zero-order valence-electron chi connectivity index (χ0n) is 12.5.